The number of rotatable bonds is 17. The van der Waals surface area contributed by atoms with Gasteiger partial charge in [-0.1, -0.05) is 56.9 Å². The van der Waals surface area contributed by atoms with E-state index in [0.29, 0.717) is 6.42 Å². The smallest absolute Gasteiger partial charge is 0.303 e. The highest BCUT2D eigenvalue weighted by Crippen LogP contribution is 2.20. The number of hydrogen-bond acceptors (Lipinski definition) is 3. The maximum atomic E-state index is 10.8. The van der Waals surface area contributed by atoms with Gasteiger partial charge in [-0.2, -0.15) is 0 Å². The van der Waals surface area contributed by atoms with E-state index in [2.05, 4.69) is 31.2 Å². The highest BCUT2D eigenvalue weighted by Gasteiger charge is 2.14. The Morgan fingerprint density at radius 3 is 2.04 bits per heavy atom. The largest absolute Gasteiger partial charge is 0.481 e. The first kappa shape index (κ1) is 23.9. The van der Waals surface area contributed by atoms with Crippen molar-refractivity contribution in [1.82, 2.24) is 0 Å². The fourth-order valence-corrected chi connectivity index (χ4v) is 2.87. The summed E-state index contributed by atoms with van der Waals surface area (Å²) in [6.07, 6.45) is 19.8. The van der Waals surface area contributed by atoms with Crippen molar-refractivity contribution in [3.05, 3.63) is 24.3 Å². The number of aliphatic hydroxyl groups excluding tert-OH is 1. The van der Waals surface area contributed by atoms with Crippen LogP contribution in [-0.4, -0.2) is 27.6 Å². The SMILES string of the molecule is CCCCCC=CCC=CCCCCCC(CCC(O)O)CC(=O)O. The monoisotopic (exact) mass is 354 g/mol. The van der Waals surface area contributed by atoms with E-state index in [1.165, 1.54) is 25.7 Å². The van der Waals surface area contributed by atoms with E-state index >= 15 is 0 Å². The molecule has 0 aromatic heterocycles. The minimum atomic E-state index is -1.33. The van der Waals surface area contributed by atoms with Crippen LogP contribution in [-0.2, 0) is 4.79 Å². The maximum absolute atomic E-state index is 10.8. The van der Waals surface area contributed by atoms with E-state index in [-0.39, 0.29) is 18.8 Å². The van der Waals surface area contributed by atoms with Gasteiger partial charge in [-0.05, 0) is 57.3 Å². The molecule has 0 aliphatic heterocycles. The number of carboxylic acids is 1. The molecule has 1 unspecified atom stereocenters. The van der Waals surface area contributed by atoms with Crippen LogP contribution in [0.4, 0.5) is 0 Å². The zero-order valence-electron chi connectivity index (χ0n) is 15.9. The van der Waals surface area contributed by atoms with Gasteiger partial charge in [0.15, 0.2) is 6.29 Å². The van der Waals surface area contributed by atoms with Crippen molar-refractivity contribution in [2.75, 3.05) is 0 Å². The molecule has 0 amide bonds. The minimum Gasteiger partial charge on any atom is -0.481 e. The molecule has 0 heterocycles. The summed E-state index contributed by atoms with van der Waals surface area (Å²) in [6, 6.07) is 0. The Labute approximate surface area is 153 Å². The molecule has 0 saturated heterocycles. The van der Waals surface area contributed by atoms with Gasteiger partial charge in [0.1, 0.15) is 0 Å². The van der Waals surface area contributed by atoms with Crippen LogP contribution in [0.15, 0.2) is 24.3 Å². The summed E-state index contributed by atoms with van der Waals surface area (Å²) in [6.45, 7) is 2.22. The summed E-state index contributed by atoms with van der Waals surface area (Å²) in [7, 11) is 0. The van der Waals surface area contributed by atoms with Gasteiger partial charge in [0.2, 0.25) is 0 Å². The molecule has 0 saturated carbocycles. The van der Waals surface area contributed by atoms with Crippen molar-refractivity contribution >= 4 is 5.97 Å². The molecule has 25 heavy (non-hydrogen) atoms. The Balaban J connectivity index is 3.63. The maximum Gasteiger partial charge on any atom is 0.303 e. The lowest BCUT2D eigenvalue weighted by molar-refractivity contribution is -0.138. The topological polar surface area (TPSA) is 77.8 Å². The summed E-state index contributed by atoms with van der Waals surface area (Å²) >= 11 is 0. The number of aliphatic hydroxyl groups is 2. The van der Waals surface area contributed by atoms with E-state index in [1.54, 1.807) is 0 Å². The summed E-state index contributed by atoms with van der Waals surface area (Å²) in [5, 5.41) is 26.7. The average Bonchev–Trinajstić information content (AvgIpc) is 2.56. The van der Waals surface area contributed by atoms with Crippen LogP contribution in [0.5, 0.6) is 0 Å². The lowest BCUT2D eigenvalue weighted by atomic mass is 9.93. The first-order valence-corrected chi connectivity index (χ1v) is 9.94. The normalized spacial score (nSPS) is 13.3. The number of unbranched alkanes of at least 4 members (excludes halogenated alkanes) is 6. The first-order valence-electron chi connectivity index (χ1n) is 9.94. The molecule has 0 fully saturated rings. The molecule has 146 valence electrons. The zero-order chi connectivity index (χ0) is 18.8. The van der Waals surface area contributed by atoms with Gasteiger partial charge >= 0.3 is 5.97 Å². The van der Waals surface area contributed by atoms with E-state index < -0.39 is 12.3 Å². The Morgan fingerprint density at radius 2 is 1.48 bits per heavy atom. The highest BCUT2D eigenvalue weighted by atomic mass is 16.5. The molecule has 0 aliphatic carbocycles. The second-order valence-corrected chi connectivity index (χ2v) is 6.83. The molecular weight excluding hydrogens is 316 g/mol. The van der Waals surface area contributed by atoms with E-state index in [0.717, 1.165) is 38.5 Å². The molecule has 3 N–H and O–H groups in total. The van der Waals surface area contributed by atoms with Crippen LogP contribution in [0.2, 0.25) is 0 Å². The van der Waals surface area contributed by atoms with Crippen LogP contribution < -0.4 is 0 Å². The molecule has 0 bridgehead atoms. The van der Waals surface area contributed by atoms with Gasteiger partial charge in [0.25, 0.3) is 0 Å². The van der Waals surface area contributed by atoms with Crippen molar-refractivity contribution in [3.63, 3.8) is 0 Å². The van der Waals surface area contributed by atoms with Crippen molar-refractivity contribution < 1.29 is 20.1 Å². The summed E-state index contributed by atoms with van der Waals surface area (Å²) in [5.41, 5.74) is 0. The quantitative estimate of drug-likeness (QED) is 0.190. The molecule has 4 heteroatoms. The highest BCUT2D eigenvalue weighted by molar-refractivity contribution is 5.66. The van der Waals surface area contributed by atoms with Crippen LogP contribution >= 0.6 is 0 Å². The van der Waals surface area contributed by atoms with E-state index in [1.807, 2.05) is 0 Å². The molecule has 4 nitrogen and oxygen atoms in total. The lowest BCUT2D eigenvalue weighted by Gasteiger charge is -2.15. The van der Waals surface area contributed by atoms with Crippen molar-refractivity contribution in [2.45, 2.75) is 96.7 Å². The second kappa shape index (κ2) is 17.7. The first-order chi connectivity index (χ1) is 12.1. The van der Waals surface area contributed by atoms with Crippen molar-refractivity contribution in [1.29, 1.82) is 0 Å². The molecule has 0 aromatic rings. The number of carboxylic acid groups (broad SMARTS) is 1. The van der Waals surface area contributed by atoms with Gasteiger partial charge in [0.05, 0.1) is 0 Å². The third-order valence-corrected chi connectivity index (χ3v) is 4.36. The Kier molecular flexibility index (Phi) is 16.9. The van der Waals surface area contributed by atoms with Gasteiger partial charge in [-0.3, -0.25) is 4.79 Å². The van der Waals surface area contributed by atoms with Crippen molar-refractivity contribution in [3.8, 4) is 0 Å². The number of carbonyl (C=O) groups is 1. The third kappa shape index (κ3) is 19.0. The van der Waals surface area contributed by atoms with Gasteiger partial charge in [0, 0.05) is 6.42 Å². The number of aliphatic carboxylic acids is 1. The molecule has 0 aromatic carbocycles. The van der Waals surface area contributed by atoms with Crippen LogP contribution in [0.1, 0.15) is 90.4 Å². The third-order valence-electron chi connectivity index (χ3n) is 4.36. The average molecular weight is 355 g/mol. The van der Waals surface area contributed by atoms with Crippen molar-refractivity contribution in [2.24, 2.45) is 5.92 Å². The Hall–Kier alpha value is -1.13. The fourth-order valence-electron chi connectivity index (χ4n) is 2.87. The predicted molar refractivity (Wildman–Crippen MR) is 103 cm³/mol. The Morgan fingerprint density at radius 1 is 0.840 bits per heavy atom. The molecular formula is C21H38O4. The molecule has 0 rings (SSSR count). The summed E-state index contributed by atoms with van der Waals surface area (Å²) in [4.78, 5) is 10.8. The Bertz CT molecular complexity index is 361. The van der Waals surface area contributed by atoms with Gasteiger partial charge in [-0.15, -0.1) is 0 Å². The minimum absolute atomic E-state index is 0.0488. The van der Waals surface area contributed by atoms with E-state index in [4.69, 9.17) is 15.3 Å². The lowest BCUT2D eigenvalue weighted by Crippen LogP contribution is -2.12. The van der Waals surface area contributed by atoms with Gasteiger partial charge < -0.3 is 15.3 Å². The summed E-state index contributed by atoms with van der Waals surface area (Å²) < 4.78 is 0. The van der Waals surface area contributed by atoms with E-state index in [9.17, 15) is 4.79 Å². The standard InChI is InChI=1S/C21H38O4/c1-2-3-4-5-6-7-8-9-10-11-12-13-14-15-19(18-21(24)25)16-17-20(22)23/h6-7,9-10,19-20,22-23H,2-5,8,11-18H2,1H3,(H,24,25). The molecule has 0 radical (unpaired) electrons. The molecule has 1 atom stereocenters. The molecule has 0 spiro atoms. The predicted octanol–water partition coefficient (Wildman–Crippen LogP) is 5.20. The molecule has 0 aliphatic rings. The van der Waals surface area contributed by atoms with Crippen LogP contribution in [0.25, 0.3) is 0 Å². The number of allylic oxidation sites excluding steroid dienone is 4. The van der Waals surface area contributed by atoms with Crippen LogP contribution in [0.3, 0.4) is 0 Å². The second-order valence-electron chi connectivity index (χ2n) is 6.83. The zero-order valence-corrected chi connectivity index (χ0v) is 15.9. The fraction of sp³-hybridized carbons (Fsp3) is 0.762. The summed E-state index contributed by atoms with van der Waals surface area (Å²) in [5.74, 6) is -0.754. The number of hydrogen-bond donors (Lipinski definition) is 3. The van der Waals surface area contributed by atoms with Gasteiger partial charge in [-0.25, -0.2) is 0 Å². The van der Waals surface area contributed by atoms with Crippen LogP contribution in [0, 0.1) is 5.92 Å².